The molecule has 24 heavy (non-hydrogen) atoms. The molecule has 0 spiro atoms. The fourth-order valence-corrected chi connectivity index (χ4v) is 4.40. The third kappa shape index (κ3) is 3.95. The summed E-state index contributed by atoms with van der Waals surface area (Å²) in [7, 11) is -3.51. The molecule has 0 amide bonds. The van der Waals surface area contributed by atoms with Gasteiger partial charge in [-0.05, 0) is 43.2 Å². The third-order valence-corrected chi connectivity index (χ3v) is 5.98. The summed E-state index contributed by atoms with van der Waals surface area (Å²) in [6.07, 6.45) is 0.807. The molecule has 6 heteroatoms. The number of hydrogen-bond acceptors (Lipinski definition) is 4. The Morgan fingerprint density at radius 2 is 1.79 bits per heavy atom. The highest BCUT2D eigenvalue weighted by Crippen LogP contribution is 2.22. The van der Waals surface area contributed by atoms with Crippen LogP contribution < -0.4 is 10.5 Å². The number of sulfonamides is 1. The van der Waals surface area contributed by atoms with Gasteiger partial charge in [-0.25, -0.2) is 13.1 Å². The van der Waals surface area contributed by atoms with Crippen LogP contribution in [0.3, 0.4) is 0 Å². The zero-order valence-electron chi connectivity index (χ0n) is 13.7. The molecule has 0 aromatic heterocycles. The Labute approximate surface area is 143 Å². The molecule has 0 bridgehead atoms. The van der Waals surface area contributed by atoms with Crippen molar-refractivity contribution in [3.63, 3.8) is 0 Å². The topological polar surface area (TPSA) is 75.4 Å². The minimum atomic E-state index is -3.51. The molecule has 0 unspecified atom stereocenters. The minimum Gasteiger partial charge on any atom is -0.399 e. The maximum atomic E-state index is 12.5. The molecule has 0 radical (unpaired) electrons. The molecule has 2 aromatic carbocycles. The smallest absolute Gasteiger partial charge is 0.240 e. The molecule has 3 rings (SSSR count). The summed E-state index contributed by atoms with van der Waals surface area (Å²) in [6, 6.07) is 16.8. The summed E-state index contributed by atoms with van der Waals surface area (Å²) in [6.45, 7) is 3.69. The van der Waals surface area contributed by atoms with E-state index in [1.165, 1.54) is 17.7 Å². The monoisotopic (exact) mass is 345 g/mol. The number of nitrogens with two attached hydrogens (primary N) is 1. The van der Waals surface area contributed by atoms with E-state index in [1.54, 1.807) is 12.1 Å². The first-order valence-corrected chi connectivity index (χ1v) is 9.58. The third-order valence-electron chi connectivity index (χ3n) is 4.44. The van der Waals surface area contributed by atoms with Gasteiger partial charge in [0.25, 0.3) is 0 Å². The van der Waals surface area contributed by atoms with Crippen molar-refractivity contribution in [1.29, 1.82) is 0 Å². The maximum absolute atomic E-state index is 12.5. The van der Waals surface area contributed by atoms with E-state index in [0.29, 0.717) is 18.3 Å². The van der Waals surface area contributed by atoms with Crippen LogP contribution in [0, 0.1) is 0 Å². The van der Waals surface area contributed by atoms with Crippen LogP contribution >= 0.6 is 0 Å². The highest BCUT2D eigenvalue weighted by Gasteiger charge is 2.32. The van der Waals surface area contributed by atoms with E-state index in [1.807, 2.05) is 18.2 Å². The van der Waals surface area contributed by atoms with Gasteiger partial charge in [0.15, 0.2) is 0 Å². The van der Waals surface area contributed by atoms with Crippen molar-refractivity contribution in [1.82, 2.24) is 9.62 Å². The number of nitrogens with one attached hydrogen (secondary N) is 1. The average molecular weight is 345 g/mol. The largest absolute Gasteiger partial charge is 0.399 e. The van der Waals surface area contributed by atoms with Gasteiger partial charge in [0, 0.05) is 30.9 Å². The molecule has 1 saturated heterocycles. The highest BCUT2D eigenvalue weighted by molar-refractivity contribution is 7.89. The maximum Gasteiger partial charge on any atom is 0.240 e. The van der Waals surface area contributed by atoms with Crippen LogP contribution in [0.1, 0.15) is 18.9 Å². The van der Waals surface area contributed by atoms with Crippen molar-refractivity contribution in [3.05, 3.63) is 60.2 Å². The van der Waals surface area contributed by atoms with E-state index in [4.69, 9.17) is 5.73 Å². The van der Waals surface area contributed by atoms with Gasteiger partial charge in [-0.2, -0.15) is 0 Å². The molecular formula is C18H23N3O2S. The summed E-state index contributed by atoms with van der Waals surface area (Å²) < 4.78 is 27.8. The van der Waals surface area contributed by atoms with E-state index >= 15 is 0 Å². The van der Waals surface area contributed by atoms with Gasteiger partial charge >= 0.3 is 0 Å². The lowest BCUT2D eigenvalue weighted by Crippen LogP contribution is -2.37. The molecule has 3 N–H and O–H groups in total. The number of rotatable bonds is 5. The molecule has 2 atom stereocenters. The van der Waals surface area contributed by atoms with Gasteiger partial charge in [0.1, 0.15) is 0 Å². The fourth-order valence-electron chi connectivity index (χ4n) is 3.16. The number of anilines is 1. The zero-order chi connectivity index (χ0) is 17.2. The number of nitrogen functional groups attached to an aromatic ring is 1. The lowest BCUT2D eigenvalue weighted by Gasteiger charge is -2.20. The lowest BCUT2D eigenvalue weighted by molar-refractivity contribution is 0.258. The van der Waals surface area contributed by atoms with Gasteiger partial charge in [-0.3, -0.25) is 4.90 Å². The Morgan fingerprint density at radius 1 is 1.12 bits per heavy atom. The van der Waals surface area contributed by atoms with Crippen molar-refractivity contribution in [2.45, 2.75) is 36.9 Å². The SMILES string of the molecule is C[C@@H]1C[C@@H](NS(=O)(=O)c2ccc(N)cc2)CN1Cc1ccccc1. The molecule has 0 aliphatic carbocycles. The van der Waals surface area contributed by atoms with Crippen LogP contribution in [0.2, 0.25) is 0 Å². The summed E-state index contributed by atoms with van der Waals surface area (Å²) in [4.78, 5) is 2.57. The average Bonchev–Trinajstić information content (AvgIpc) is 2.87. The van der Waals surface area contributed by atoms with Crippen LogP contribution in [-0.2, 0) is 16.6 Å². The predicted octanol–water partition coefficient (Wildman–Crippen LogP) is 2.21. The molecule has 1 fully saturated rings. The predicted molar refractivity (Wildman–Crippen MR) is 95.9 cm³/mol. The van der Waals surface area contributed by atoms with E-state index in [9.17, 15) is 8.42 Å². The Hall–Kier alpha value is -1.89. The van der Waals surface area contributed by atoms with E-state index in [2.05, 4.69) is 28.7 Å². The van der Waals surface area contributed by atoms with Crippen LogP contribution in [0.15, 0.2) is 59.5 Å². The van der Waals surface area contributed by atoms with Crippen molar-refractivity contribution in [2.75, 3.05) is 12.3 Å². The van der Waals surface area contributed by atoms with Crippen LogP contribution in [0.5, 0.6) is 0 Å². The zero-order valence-corrected chi connectivity index (χ0v) is 14.5. The molecule has 2 aromatic rings. The van der Waals surface area contributed by atoms with Crippen LogP contribution in [0.25, 0.3) is 0 Å². The molecule has 1 heterocycles. The number of nitrogens with zero attached hydrogens (tertiary/aromatic N) is 1. The second kappa shape index (κ2) is 6.93. The molecule has 5 nitrogen and oxygen atoms in total. The molecule has 1 aliphatic rings. The van der Waals surface area contributed by atoms with Gasteiger partial charge in [0.2, 0.25) is 10.0 Å². The van der Waals surface area contributed by atoms with Crippen molar-refractivity contribution >= 4 is 15.7 Å². The first-order chi connectivity index (χ1) is 11.4. The summed E-state index contributed by atoms with van der Waals surface area (Å²) >= 11 is 0. The van der Waals surface area contributed by atoms with Gasteiger partial charge < -0.3 is 5.73 Å². The van der Waals surface area contributed by atoms with E-state index < -0.39 is 10.0 Å². The highest BCUT2D eigenvalue weighted by atomic mass is 32.2. The Bertz CT molecular complexity index is 776. The van der Waals surface area contributed by atoms with Gasteiger partial charge in [0.05, 0.1) is 4.90 Å². The Kier molecular flexibility index (Phi) is 4.89. The fraction of sp³-hybridized carbons (Fsp3) is 0.333. The summed E-state index contributed by atoms with van der Waals surface area (Å²) in [5, 5.41) is 0. The first kappa shape index (κ1) is 17.0. The van der Waals surface area contributed by atoms with Gasteiger partial charge in [-0.15, -0.1) is 0 Å². The second-order valence-corrected chi connectivity index (χ2v) is 8.10. The van der Waals surface area contributed by atoms with E-state index in [0.717, 1.165) is 13.0 Å². The summed E-state index contributed by atoms with van der Waals surface area (Å²) in [5.41, 5.74) is 7.42. The van der Waals surface area contributed by atoms with Crippen LogP contribution in [0.4, 0.5) is 5.69 Å². The number of likely N-dealkylation sites (tertiary alicyclic amines) is 1. The van der Waals surface area contributed by atoms with E-state index in [-0.39, 0.29) is 10.9 Å². The Balaban J connectivity index is 1.65. The summed E-state index contributed by atoms with van der Waals surface area (Å²) in [5.74, 6) is 0. The normalized spacial score (nSPS) is 21.9. The van der Waals surface area contributed by atoms with Crippen LogP contribution in [-0.4, -0.2) is 31.9 Å². The molecule has 0 saturated carbocycles. The molecular weight excluding hydrogens is 322 g/mol. The lowest BCUT2D eigenvalue weighted by atomic mass is 10.2. The Morgan fingerprint density at radius 3 is 2.46 bits per heavy atom. The number of hydrogen-bond donors (Lipinski definition) is 2. The number of benzene rings is 2. The quantitative estimate of drug-likeness (QED) is 0.815. The van der Waals surface area contributed by atoms with Crippen molar-refractivity contribution in [3.8, 4) is 0 Å². The second-order valence-electron chi connectivity index (χ2n) is 6.39. The van der Waals surface area contributed by atoms with Gasteiger partial charge in [-0.1, -0.05) is 30.3 Å². The molecule has 1 aliphatic heterocycles. The molecule has 128 valence electrons. The van der Waals surface area contributed by atoms with Crippen molar-refractivity contribution in [2.24, 2.45) is 0 Å². The minimum absolute atomic E-state index is 0.0775. The first-order valence-electron chi connectivity index (χ1n) is 8.10. The standard InChI is InChI=1S/C18H23N3O2S/c1-14-11-17(13-21(14)12-15-5-3-2-4-6-15)20-24(22,23)18-9-7-16(19)8-10-18/h2-10,14,17,20H,11-13,19H2,1H3/t14-,17-/m1/s1. The van der Waals surface area contributed by atoms with Crippen molar-refractivity contribution < 1.29 is 8.42 Å².